The molecule has 3 N–H and O–H groups in total. The van der Waals surface area contributed by atoms with Crippen LogP contribution in [0.15, 0.2) is 41.8 Å². The number of carbonyl (C=O) groups excluding carboxylic acids is 2. The molecule has 1 unspecified atom stereocenters. The van der Waals surface area contributed by atoms with E-state index in [2.05, 4.69) is 10.6 Å². The summed E-state index contributed by atoms with van der Waals surface area (Å²) in [6.45, 7) is -0.0509. The number of thiophene rings is 1. The Morgan fingerprint density at radius 3 is 2.46 bits per heavy atom. The van der Waals surface area contributed by atoms with Crippen molar-refractivity contribution in [1.82, 2.24) is 5.32 Å². The molecule has 136 valence electrons. The molecule has 1 fully saturated rings. The number of non-ortho nitro benzene ring substituents is 1. The van der Waals surface area contributed by atoms with Crippen molar-refractivity contribution in [3.63, 3.8) is 0 Å². The molecule has 1 aromatic heterocycles. The van der Waals surface area contributed by atoms with Crippen LogP contribution in [0.4, 0.5) is 11.4 Å². The Bertz CT molecular complexity index is 817. The number of hydrogen-bond donors (Lipinski definition) is 3. The number of carbonyl (C=O) groups is 2. The van der Waals surface area contributed by atoms with Crippen LogP contribution in [-0.2, 0) is 15.2 Å². The molecular weight excluding hydrogens is 358 g/mol. The molecule has 1 heterocycles. The molecule has 0 radical (unpaired) electrons. The lowest BCUT2D eigenvalue weighted by Gasteiger charge is -2.27. The second kappa shape index (κ2) is 7.22. The van der Waals surface area contributed by atoms with Crippen molar-refractivity contribution in [1.29, 1.82) is 0 Å². The summed E-state index contributed by atoms with van der Waals surface area (Å²) in [5.41, 5.74) is -1.01. The molecule has 0 bridgehead atoms. The molecule has 2 aromatic rings. The minimum Gasteiger partial charge on any atom is -0.382 e. The van der Waals surface area contributed by atoms with Gasteiger partial charge in [0.15, 0.2) is 0 Å². The molecule has 1 atom stereocenters. The smallest absolute Gasteiger partial charge is 0.313 e. The largest absolute Gasteiger partial charge is 0.382 e. The minimum absolute atomic E-state index is 0.0509. The predicted molar refractivity (Wildman–Crippen MR) is 95.7 cm³/mol. The van der Waals surface area contributed by atoms with E-state index in [1.807, 2.05) is 17.5 Å². The molecule has 3 rings (SSSR count). The van der Waals surface area contributed by atoms with Gasteiger partial charge >= 0.3 is 11.8 Å². The Hall–Kier alpha value is -2.78. The van der Waals surface area contributed by atoms with Gasteiger partial charge in [-0.05, 0) is 42.3 Å². The number of hydrogen-bond acceptors (Lipinski definition) is 6. The molecule has 26 heavy (non-hydrogen) atoms. The van der Waals surface area contributed by atoms with Gasteiger partial charge < -0.3 is 15.7 Å². The van der Waals surface area contributed by atoms with Gasteiger partial charge in [0.25, 0.3) is 5.69 Å². The van der Waals surface area contributed by atoms with Gasteiger partial charge in [0, 0.05) is 22.7 Å². The van der Waals surface area contributed by atoms with Crippen LogP contribution in [0.3, 0.4) is 0 Å². The molecule has 9 heteroatoms. The van der Waals surface area contributed by atoms with Crippen LogP contribution in [0.5, 0.6) is 0 Å². The van der Waals surface area contributed by atoms with E-state index in [9.17, 15) is 24.8 Å². The Morgan fingerprint density at radius 1 is 1.23 bits per heavy atom. The van der Waals surface area contributed by atoms with Gasteiger partial charge in [0.2, 0.25) is 0 Å². The maximum atomic E-state index is 12.0. The van der Waals surface area contributed by atoms with E-state index in [1.54, 1.807) is 0 Å². The van der Waals surface area contributed by atoms with E-state index in [-0.39, 0.29) is 23.8 Å². The molecule has 8 nitrogen and oxygen atoms in total. The van der Waals surface area contributed by atoms with E-state index in [0.29, 0.717) is 0 Å². The van der Waals surface area contributed by atoms with Crippen LogP contribution in [0.1, 0.15) is 17.7 Å². The van der Waals surface area contributed by atoms with Gasteiger partial charge in [-0.15, -0.1) is 11.3 Å². The van der Waals surface area contributed by atoms with E-state index in [0.717, 1.165) is 17.7 Å². The fraction of sp³-hybridized carbons (Fsp3) is 0.294. The van der Waals surface area contributed by atoms with E-state index in [4.69, 9.17) is 0 Å². The monoisotopic (exact) mass is 375 g/mol. The lowest BCUT2D eigenvalue weighted by molar-refractivity contribution is -0.384. The van der Waals surface area contributed by atoms with Crippen LogP contribution >= 0.6 is 11.3 Å². The number of nitro benzene ring substituents is 1. The maximum Gasteiger partial charge on any atom is 0.313 e. The molecule has 1 saturated carbocycles. The molecule has 1 aliphatic carbocycles. The molecule has 1 aromatic carbocycles. The third-order valence-electron chi connectivity index (χ3n) is 4.26. The normalized spacial score (nSPS) is 15.7. The van der Waals surface area contributed by atoms with E-state index < -0.39 is 22.3 Å². The summed E-state index contributed by atoms with van der Waals surface area (Å²) >= 11 is 1.41. The van der Waals surface area contributed by atoms with E-state index in [1.165, 1.54) is 35.6 Å². The van der Waals surface area contributed by atoms with Gasteiger partial charge in [0.05, 0.1) is 11.5 Å². The Labute approximate surface area is 153 Å². The van der Waals surface area contributed by atoms with Crippen molar-refractivity contribution in [2.24, 2.45) is 5.92 Å². The van der Waals surface area contributed by atoms with Crippen LogP contribution in [0, 0.1) is 16.0 Å². The molecule has 2 amide bonds. The first-order chi connectivity index (χ1) is 12.4. The Balaban J connectivity index is 1.58. The highest BCUT2D eigenvalue weighted by Crippen LogP contribution is 2.46. The maximum absolute atomic E-state index is 12.0. The zero-order valence-electron chi connectivity index (χ0n) is 13.7. The van der Waals surface area contributed by atoms with Crippen molar-refractivity contribution in [3.8, 4) is 0 Å². The number of amides is 2. The third kappa shape index (κ3) is 3.89. The molecular formula is C17H17N3O5S. The highest BCUT2D eigenvalue weighted by Gasteiger charge is 2.46. The van der Waals surface area contributed by atoms with Crippen LogP contribution in [-0.4, -0.2) is 28.4 Å². The first-order valence-corrected chi connectivity index (χ1v) is 8.88. The SMILES string of the molecule is O=C(NCC(O)(c1cccs1)C1CC1)C(=O)Nc1ccc([N+](=O)[O-])cc1. The average molecular weight is 375 g/mol. The minimum atomic E-state index is -1.17. The quantitative estimate of drug-likeness (QED) is 0.405. The van der Waals surface area contributed by atoms with Crippen LogP contribution < -0.4 is 10.6 Å². The first-order valence-electron chi connectivity index (χ1n) is 8.00. The number of nitrogens with one attached hydrogen (secondary N) is 2. The van der Waals surface area contributed by atoms with Crippen molar-refractivity contribution in [3.05, 3.63) is 56.8 Å². The van der Waals surface area contributed by atoms with Crippen molar-refractivity contribution in [2.45, 2.75) is 18.4 Å². The zero-order valence-corrected chi connectivity index (χ0v) is 14.5. The Morgan fingerprint density at radius 2 is 1.92 bits per heavy atom. The second-order valence-electron chi connectivity index (χ2n) is 6.12. The second-order valence-corrected chi connectivity index (χ2v) is 7.06. The summed E-state index contributed by atoms with van der Waals surface area (Å²) in [7, 11) is 0. The van der Waals surface area contributed by atoms with Crippen LogP contribution in [0.2, 0.25) is 0 Å². The number of aliphatic hydroxyl groups is 1. The zero-order chi connectivity index (χ0) is 18.7. The van der Waals surface area contributed by atoms with Gasteiger partial charge in [-0.25, -0.2) is 0 Å². The summed E-state index contributed by atoms with van der Waals surface area (Å²) in [6.07, 6.45) is 1.75. The van der Waals surface area contributed by atoms with E-state index >= 15 is 0 Å². The number of rotatable bonds is 6. The predicted octanol–water partition coefficient (Wildman–Crippen LogP) is 2.01. The van der Waals surface area contributed by atoms with Crippen molar-refractivity contribution in [2.75, 3.05) is 11.9 Å². The molecule has 0 aliphatic heterocycles. The van der Waals surface area contributed by atoms with Crippen molar-refractivity contribution >= 4 is 34.5 Å². The summed E-state index contributed by atoms with van der Waals surface area (Å²) in [5, 5.41) is 28.2. The first kappa shape index (κ1) is 18.0. The lowest BCUT2D eigenvalue weighted by Crippen LogP contribution is -2.45. The molecule has 0 spiro atoms. The summed E-state index contributed by atoms with van der Waals surface area (Å²) in [5.74, 6) is -1.71. The highest BCUT2D eigenvalue weighted by atomic mass is 32.1. The summed E-state index contributed by atoms with van der Waals surface area (Å²) < 4.78 is 0. The molecule has 0 saturated heterocycles. The van der Waals surface area contributed by atoms with Gasteiger partial charge in [-0.2, -0.15) is 0 Å². The van der Waals surface area contributed by atoms with Crippen molar-refractivity contribution < 1.29 is 19.6 Å². The number of benzene rings is 1. The van der Waals surface area contributed by atoms with Gasteiger partial charge in [0.1, 0.15) is 5.60 Å². The molecule has 1 aliphatic rings. The van der Waals surface area contributed by atoms with Gasteiger partial charge in [-0.3, -0.25) is 19.7 Å². The fourth-order valence-electron chi connectivity index (χ4n) is 2.67. The summed E-state index contributed by atoms with van der Waals surface area (Å²) in [4.78, 5) is 34.8. The topological polar surface area (TPSA) is 122 Å². The third-order valence-corrected chi connectivity index (χ3v) is 5.30. The number of nitro groups is 1. The van der Waals surface area contributed by atoms with Crippen LogP contribution in [0.25, 0.3) is 0 Å². The fourth-order valence-corrected chi connectivity index (χ4v) is 3.57. The standard InChI is InChI=1S/C17H17N3O5S/c21-15(16(22)19-12-5-7-13(8-6-12)20(24)25)18-10-17(23,11-3-4-11)14-2-1-9-26-14/h1-2,5-9,11,23H,3-4,10H2,(H,18,21)(H,19,22). The average Bonchev–Trinajstić information content (AvgIpc) is 3.34. The summed E-state index contributed by atoms with van der Waals surface area (Å²) in [6, 6.07) is 8.79. The van der Waals surface area contributed by atoms with Gasteiger partial charge in [-0.1, -0.05) is 6.07 Å². The lowest BCUT2D eigenvalue weighted by atomic mass is 9.95. The number of anilines is 1. The highest BCUT2D eigenvalue weighted by molar-refractivity contribution is 7.10. The Kier molecular flexibility index (Phi) is 5.01. The number of nitrogens with zero attached hydrogens (tertiary/aromatic N) is 1.